The lowest BCUT2D eigenvalue weighted by Crippen LogP contribution is -2.38. The van der Waals surface area contributed by atoms with E-state index in [-0.39, 0.29) is 11.7 Å². The van der Waals surface area contributed by atoms with Crippen LogP contribution in [0.2, 0.25) is 0 Å². The van der Waals surface area contributed by atoms with Crippen molar-refractivity contribution in [2.45, 2.75) is 56.6 Å². The second kappa shape index (κ2) is 4.48. The Morgan fingerprint density at radius 3 is 2.82 bits per heavy atom. The molecule has 4 heteroatoms. The van der Waals surface area contributed by atoms with Gasteiger partial charge in [0.05, 0.1) is 6.54 Å². The zero-order chi connectivity index (χ0) is 11.7. The zero-order valence-electron chi connectivity index (χ0n) is 10.4. The second-order valence-electron chi connectivity index (χ2n) is 5.72. The van der Waals surface area contributed by atoms with Crippen molar-refractivity contribution in [2.24, 2.45) is 0 Å². The molecule has 2 saturated heterocycles. The normalized spacial score (nSPS) is 35.3. The fraction of sp³-hybridized carbons (Fsp3) is 0.923. The Morgan fingerprint density at radius 2 is 2.00 bits per heavy atom. The predicted molar refractivity (Wildman–Crippen MR) is 64.9 cm³/mol. The number of carbonyl (C=O) groups is 1. The van der Waals surface area contributed by atoms with Gasteiger partial charge in [0.2, 0.25) is 0 Å². The van der Waals surface area contributed by atoms with Crippen LogP contribution in [-0.4, -0.2) is 42.3 Å². The van der Waals surface area contributed by atoms with Gasteiger partial charge in [0.15, 0.2) is 0 Å². The Morgan fingerprint density at radius 1 is 1.18 bits per heavy atom. The molecule has 1 aliphatic carbocycles. The van der Waals surface area contributed by atoms with Gasteiger partial charge in [0, 0.05) is 12.5 Å². The summed E-state index contributed by atoms with van der Waals surface area (Å²) in [5, 5.41) is 3.39. The summed E-state index contributed by atoms with van der Waals surface area (Å²) in [7, 11) is 0. The highest BCUT2D eigenvalue weighted by Gasteiger charge is 2.47. The van der Waals surface area contributed by atoms with E-state index in [0.29, 0.717) is 6.04 Å². The minimum absolute atomic E-state index is 0.0567. The molecule has 0 aromatic carbocycles. The topological polar surface area (TPSA) is 41.6 Å². The van der Waals surface area contributed by atoms with E-state index >= 15 is 0 Å². The number of ether oxygens (including phenoxy) is 1. The number of hydrogen-bond acceptors (Lipinski definition) is 3. The highest BCUT2D eigenvalue weighted by atomic mass is 16.6. The van der Waals surface area contributed by atoms with Crippen molar-refractivity contribution >= 4 is 6.09 Å². The van der Waals surface area contributed by atoms with E-state index in [1.165, 1.54) is 25.7 Å². The summed E-state index contributed by atoms with van der Waals surface area (Å²) in [6.07, 6.45) is 7.93. The highest BCUT2D eigenvalue weighted by Crippen LogP contribution is 2.36. The molecule has 96 valence electrons. The highest BCUT2D eigenvalue weighted by molar-refractivity contribution is 5.71. The Bertz CT molecular complexity index is 292. The summed E-state index contributed by atoms with van der Waals surface area (Å²) < 4.78 is 5.74. The number of carbonyl (C=O) groups excluding carboxylic acids is 1. The van der Waals surface area contributed by atoms with Crippen LogP contribution in [0.3, 0.4) is 0 Å². The van der Waals surface area contributed by atoms with Gasteiger partial charge in [0.25, 0.3) is 0 Å². The lowest BCUT2D eigenvalue weighted by Gasteiger charge is -2.26. The maximum absolute atomic E-state index is 12.0. The van der Waals surface area contributed by atoms with Gasteiger partial charge in [-0.25, -0.2) is 4.79 Å². The standard InChI is InChI=1S/C13H22N2O2/c16-12-15(11-4-1-2-5-11)10-13(17-12)6-3-8-14-9-7-13/h11,14H,1-10H2. The summed E-state index contributed by atoms with van der Waals surface area (Å²) in [4.78, 5) is 14.0. The fourth-order valence-electron chi connectivity index (χ4n) is 3.51. The van der Waals surface area contributed by atoms with E-state index < -0.39 is 0 Å². The van der Waals surface area contributed by atoms with Crippen LogP contribution in [0.5, 0.6) is 0 Å². The molecular weight excluding hydrogens is 216 g/mol. The molecule has 3 rings (SSSR count). The van der Waals surface area contributed by atoms with E-state index in [1.807, 2.05) is 4.90 Å². The smallest absolute Gasteiger partial charge is 0.410 e. The molecule has 0 aromatic heterocycles. The molecule has 0 radical (unpaired) electrons. The molecule has 3 fully saturated rings. The summed E-state index contributed by atoms with van der Waals surface area (Å²) in [5.74, 6) is 0. The average molecular weight is 238 g/mol. The Hall–Kier alpha value is -0.770. The van der Waals surface area contributed by atoms with Crippen molar-refractivity contribution in [1.29, 1.82) is 0 Å². The maximum atomic E-state index is 12.0. The maximum Gasteiger partial charge on any atom is 0.410 e. The first-order valence-corrected chi connectivity index (χ1v) is 6.99. The van der Waals surface area contributed by atoms with Crippen LogP contribution in [0.1, 0.15) is 44.9 Å². The fourth-order valence-corrected chi connectivity index (χ4v) is 3.51. The van der Waals surface area contributed by atoms with E-state index in [2.05, 4.69) is 5.32 Å². The molecule has 1 unspecified atom stereocenters. The Balaban J connectivity index is 1.70. The molecule has 1 amide bonds. The molecule has 3 aliphatic rings. The quantitative estimate of drug-likeness (QED) is 0.758. The van der Waals surface area contributed by atoms with Crippen molar-refractivity contribution in [1.82, 2.24) is 10.2 Å². The minimum Gasteiger partial charge on any atom is -0.441 e. The van der Waals surface area contributed by atoms with E-state index in [1.54, 1.807) is 0 Å². The van der Waals surface area contributed by atoms with Gasteiger partial charge in [-0.15, -0.1) is 0 Å². The summed E-state index contributed by atoms with van der Waals surface area (Å²) >= 11 is 0. The molecule has 1 saturated carbocycles. The van der Waals surface area contributed by atoms with Crippen LogP contribution >= 0.6 is 0 Å². The third kappa shape index (κ3) is 2.15. The van der Waals surface area contributed by atoms with Crippen LogP contribution in [0, 0.1) is 0 Å². The molecule has 4 nitrogen and oxygen atoms in total. The van der Waals surface area contributed by atoms with Gasteiger partial charge in [0.1, 0.15) is 5.60 Å². The van der Waals surface area contributed by atoms with Crippen LogP contribution < -0.4 is 5.32 Å². The number of nitrogens with one attached hydrogen (secondary N) is 1. The van der Waals surface area contributed by atoms with Crippen molar-refractivity contribution in [2.75, 3.05) is 19.6 Å². The number of hydrogen-bond donors (Lipinski definition) is 1. The molecule has 0 bridgehead atoms. The third-order valence-corrected chi connectivity index (χ3v) is 4.51. The summed E-state index contributed by atoms with van der Waals surface area (Å²) in [6, 6.07) is 0.457. The van der Waals surface area contributed by atoms with E-state index in [4.69, 9.17) is 4.74 Å². The zero-order valence-corrected chi connectivity index (χ0v) is 10.4. The lowest BCUT2D eigenvalue weighted by molar-refractivity contribution is 0.0469. The molecule has 2 heterocycles. The van der Waals surface area contributed by atoms with Crippen molar-refractivity contribution in [3.05, 3.63) is 0 Å². The Kier molecular flexibility index (Phi) is 2.99. The molecule has 1 N–H and O–H groups in total. The number of nitrogens with zero attached hydrogens (tertiary/aromatic N) is 1. The first-order valence-electron chi connectivity index (χ1n) is 6.99. The van der Waals surface area contributed by atoms with Gasteiger partial charge < -0.3 is 15.0 Å². The van der Waals surface area contributed by atoms with Crippen LogP contribution in [0.4, 0.5) is 4.79 Å². The van der Waals surface area contributed by atoms with Crippen LogP contribution in [0.15, 0.2) is 0 Å². The van der Waals surface area contributed by atoms with Crippen molar-refractivity contribution in [3.63, 3.8) is 0 Å². The van der Waals surface area contributed by atoms with Gasteiger partial charge in [-0.2, -0.15) is 0 Å². The van der Waals surface area contributed by atoms with Gasteiger partial charge >= 0.3 is 6.09 Å². The van der Waals surface area contributed by atoms with Gasteiger partial charge in [-0.05, 0) is 38.8 Å². The molecule has 1 spiro atoms. The van der Waals surface area contributed by atoms with Crippen molar-refractivity contribution in [3.8, 4) is 0 Å². The average Bonchev–Trinajstić information content (AvgIpc) is 2.86. The first-order chi connectivity index (χ1) is 8.29. The Labute approximate surface area is 103 Å². The lowest BCUT2D eigenvalue weighted by atomic mass is 9.94. The summed E-state index contributed by atoms with van der Waals surface area (Å²) in [6.45, 7) is 2.87. The van der Waals surface area contributed by atoms with Crippen molar-refractivity contribution < 1.29 is 9.53 Å². The molecule has 2 aliphatic heterocycles. The largest absolute Gasteiger partial charge is 0.441 e. The SMILES string of the molecule is O=C1OC2(CCCNCC2)CN1C1CCCC1. The third-order valence-electron chi connectivity index (χ3n) is 4.51. The molecule has 0 aromatic rings. The monoisotopic (exact) mass is 238 g/mol. The first kappa shape index (κ1) is 11.3. The van der Waals surface area contributed by atoms with Crippen LogP contribution in [-0.2, 0) is 4.74 Å². The van der Waals surface area contributed by atoms with E-state index in [9.17, 15) is 4.79 Å². The molecule has 17 heavy (non-hydrogen) atoms. The summed E-state index contributed by atoms with van der Waals surface area (Å²) in [5.41, 5.74) is -0.177. The van der Waals surface area contributed by atoms with Crippen LogP contribution in [0.25, 0.3) is 0 Å². The number of rotatable bonds is 1. The van der Waals surface area contributed by atoms with E-state index in [0.717, 1.165) is 38.9 Å². The number of amides is 1. The predicted octanol–water partition coefficient (Wildman–Crippen LogP) is 1.89. The minimum atomic E-state index is -0.177. The molecular formula is C13H22N2O2. The second-order valence-corrected chi connectivity index (χ2v) is 5.72. The van der Waals surface area contributed by atoms with Gasteiger partial charge in [-0.3, -0.25) is 0 Å². The molecule has 1 atom stereocenters. The van der Waals surface area contributed by atoms with Gasteiger partial charge in [-0.1, -0.05) is 12.8 Å².